The zero-order valence-electron chi connectivity index (χ0n) is 21.5. The standard InChI is InChI=1S/C29H40BN3/c1-7-29(5,6)17-25-23-16-22(30)9-10-26(23)33(8-2)28(25)24-15-21(18-32-27(24)19(3)4)20-11-13-31-14-12-20/h9-10,15-16,18-20,31H,7-8,11-14,17H2,1-6H3. The average molecular weight is 441 g/mol. The summed E-state index contributed by atoms with van der Waals surface area (Å²) in [5.74, 6) is 0.951. The molecule has 0 bridgehead atoms. The van der Waals surface area contributed by atoms with Gasteiger partial charge in [-0.2, -0.15) is 0 Å². The Kier molecular flexibility index (Phi) is 7.05. The van der Waals surface area contributed by atoms with Crippen molar-refractivity contribution in [2.45, 2.75) is 85.6 Å². The van der Waals surface area contributed by atoms with Crippen LogP contribution in [0.2, 0.25) is 0 Å². The lowest BCUT2D eigenvalue weighted by Crippen LogP contribution is -2.26. The molecule has 0 saturated carbocycles. The van der Waals surface area contributed by atoms with E-state index in [0.29, 0.717) is 11.8 Å². The number of benzene rings is 1. The molecule has 1 aliphatic heterocycles. The van der Waals surface area contributed by atoms with Gasteiger partial charge in [-0.05, 0) is 79.8 Å². The molecule has 0 atom stereocenters. The Hall–Kier alpha value is -2.07. The molecule has 4 rings (SSSR count). The minimum atomic E-state index is 0.213. The predicted molar refractivity (Wildman–Crippen MR) is 143 cm³/mol. The Bertz CT molecular complexity index is 1120. The van der Waals surface area contributed by atoms with Crippen molar-refractivity contribution in [3.05, 3.63) is 47.3 Å². The highest BCUT2D eigenvalue weighted by atomic mass is 15.0. The molecule has 2 aromatic heterocycles. The van der Waals surface area contributed by atoms with Crippen molar-refractivity contribution in [2.75, 3.05) is 13.1 Å². The van der Waals surface area contributed by atoms with Crippen LogP contribution in [0.5, 0.6) is 0 Å². The first-order chi connectivity index (χ1) is 15.8. The van der Waals surface area contributed by atoms with Crippen LogP contribution in [0.15, 0.2) is 30.5 Å². The first kappa shape index (κ1) is 24.1. The fourth-order valence-electron chi connectivity index (χ4n) is 5.38. The van der Waals surface area contributed by atoms with Gasteiger partial charge in [0.25, 0.3) is 0 Å². The van der Waals surface area contributed by atoms with Gasteiger partial charge in [-0.1, -0.05) is 58.6 Å². The fraction of sp³-hybridized carbons (Fsp3) is 0.552. The third-order valence-corrected chi connectivity index (χ3v) is 7.67. The van der Waals surface area contributed by atoms with Crippen LogP contribution in [0.3, 0.4) is 0 Å². The molecular weight excluding hydrogens is 401 g/mol. The molecule has 3 nitrogen and oxygen atoms in total. The zero-order valence-corrected chi connectivity index (χ0v) is 21.5. The summed E-state index contributed by atoms with van der Waals surface area (Å²) in [4.78, 5) is 5.09. The summed E-state index contributed by atoms with van der Waals surface area (Å²) in [5, 5.41) is 4.81. The number of hydrogen-bond acceptors (Lipinski definition) is 2. The molecule has 174 valence electrons. The number of fused-ring (bicyclic) bond motifs is 1. The first-order valence-corrected chi connectivity index (χ1v) is 12.9. The monoisotopic (exact) mass is 441 g/mol. The number of hydrogen-bond donors (Lipinski definition) is 1. The molecule has 0 amide bonds. The lowest BCUT2D eigenvalue weighted by Gasteiger charge is -2.26. The molecule has 1 fully saturated rings. The van der Waals surface area contributed by atoms with E-state index in [0.717, 1.165) is 37.9 Å². The van der Waals surface area contributed by atoms with Gasteiger partial charge in [0.05, 0.1) is 11.4 Å². The van der Waals surface area contributed by atoms with Gasteiger partial charge < -0.3 is 9.88 Å². The lowest BCUT2D eigenvalue weighted by molar-refractivity contribution is 0.350. The van der Waals surface area contributed by atoms with Crippen LogP contribution in [0, 0.1) is 5.41 Å². The molecule has 4 heteroatoms. The topological polar surface area (TPSA) is 29.9 Å². The van der Waals surface area contributed by atoms with Crippen molar-refractivity contribution in [2.24, 2.45) is 5.41 Å². The Morgan fingerprint density at radius 3 is 2.52 bits per heavy atom. The highest BCUT2D eigenvalue weighted by Crippen LogP contribution is 2.42. The number of aryl methyl sites for hydroxylation is 1. The maximum absolute atomic E-state index is 6.30. The highest BCUT2D eigenvalue weighted by molar-refractivity contribution is 6.33. The van der Waals surface area contributed by atoms with E-state index in [2.05, 4.69) is 75.8 Å². The Morgan fingerprint density at radius 1 is 1.15 bits per heavy atom. The molecule has 0 spiro atoms. The summed E-state index contributed by atoms with van der Waals surface area (Å²) in [6.45, 7) is 17.0. The zero-order chi connectivity index (χ0) is 23.8. The van der Waals surface area contributed by atoms with Gasteiger partial charge >= 0.3 is 0 Å². The van der Waals surface area contributed by atoms with E-state index in [1.54, 1.807) is 0 Å². The second kappa shape index (κ2) is 9.66. The summed E-state index contributed by atoms with van der Waals surface area (Å²) in [7, 11) is 6.30. The van der Waals surface area contributed by atoms with Gasteiger partial charge in [0.15, 0.2) is 0 Å². The van der Waals surface area contributed by atoms with E-state index in [9.17, 15) is 0 Å². The van der Waals surface area contributed by atoms with Crippen LogP contribution in [0.4, 0.5) is 0 Å². The molecule has 3 heterocycles. The summed E-state index contributed by atoms with van der Waals surface area (Å²) in [6.07, 6.45) is 6.69. The Balaban J connectivity index is 2.01. The maximum Gasteiger partial charge on any atom is 0.113 e. The normalized spacial score (nSPS) is 15.6. The second-order valence-corrected chi connectivity index (χ2v) is 10.9. The SMILES string of the molecule is [B]c1ccc2c(c1)c(CC(C)(C)CC)c(-c1cc(C3CCNCC3)cnc1C(C)C)n2CC. The molecule has 1 N–H and O–H groups in total. The minimum Gasteiger partial charge on any atom is -0.340 e. The molecule has 1 aromatic carbocycles. The van der Waals surface area contributed by atoms with Gasteiger partial charge in [0, 0.05) is 29.2 Å². The van der Waals surface area contributed by atoms with Gasteiger partial charge in [-0.15, -0.1) is 0 Å². The van der Waals surface area contributed by atoms with Crippen molar-refractivity contribution in [1.82, 2.24) is 14.9 Å². The third kappa shape index (κ3) is 4.78. The highest BCUT2D eigenvalue weighted by Gasteiger charge is 2.27. The number of piperidine rings is 1. The fourth-order valence-corrected chi connectivity index (χ4v) is 5.38. The lowest BCUT2D eigenvalue weighted by atomic mass is 9.80. The van der Waals surface area contributed by atoms with E-state index >= 15 is 0 Å². The maximum atomic E-state index is 6.30. The van der Waals surface area contributed by atoms with E-state index in [1.807, 2.05) is 6.07 Å². The van der Waals surface area contributed by atoms with Crippen LogP contribution >= 0.6 is 0 Å². The minimum absolute atomic E-state index is 0.213. The van der Waals surface area contributed by atoms with Crippen molar-refractivity contribution >= 4 is 24.2 Å². The number of nitrogens with one attached hydrogen (secondary N) is 1. The number of nitrogens with zero attached hydrogens (tertiary/aromatic N) is 2. The molecule has 1 saturated heterocycles. The van der Waals surface area contributed by atoms with Crippen LogP contribution < -0.4 is 10.8 Å². The van der Waals surface area contributed by atoms with E-state index in [4.69, 9.17) is 12.8 Å². The third-order valence-electron chi connectivity index (χ3n) is 7.67. The molecule has 1 aliphatic rings. The van der Waals surface area contributed by atoms with E-state index in [1.165, 1.54) is 51.8 Å². The number of aromatic nitrogens is 2. The summed E-state index contributed by atoms with van der Waals surface area (Å²) < 4.78 is 2.50. The molecule has 0 unspecified atom stereocenters. The van der Waals surface area contributed by atoms with Crippen molar-refractivity contribution < 1.29 is 0 Å². The molecule has 2 radical (unpaired) electrons. The van der Waals surface area contributed by atoms with Crippen molar-refractivity contribution in [3.8, 4) is 11.3 Å². The summed E-state index contributed by atoms with van der Waals surface area (Å²) in [5.41, 5.74) is 9.03. The summed E-state index contributed by atoms with van der Waals surface area (Å²) in [6, 6.07) is 8.91. The molecule has 0 aliphatic carbocycles. The van der Waals surface area contributed by atoms with E-state index < -0.39 is 0 Å². The van der Waals surface area contributed by atoms with Crippen molar-refractivity contribution in [1.29, 1.82) is 0 Å². The van der Waals surface area contributed by atoms with Gasteiger partial charge in [0.2, 0.25) is 0 Å². The Morgan fingerprint density at radius 2 is 1.88 bits per heavy atom. The van der Waals surface area contributed by atoms with Gasteiger partial charge in [0.1, 0.15) is 7.85 Å². The second-order valence-electron chi connectivity index (χ2n) is 10.9. The largest absolute Gasteiger partial charge is 0.340 e. The Labute approximate surface area is 201 Å². The van der Waals surface area contributed by atoms with Crippen LogP contribution in [-0.4, -0.2) is 30.5 Å². The number of pyridine rings is 1. The molecular formula is C29H40BN3. The average Bonchev–Trinajstić information content (AvgIpc) is 3.10. The van der Waals surface area contributed by atoms with Crippen LogP contribution in [0.1, 0.15) is 89.5 Å². The first-order valence-electron chi connectivity index (χ1n) is 12.9. The quantitative estimate of drug-likeness (QED) is 0.450. The van der Waals surface area contributed by atoms with Crippen LogP contribution in [-0.2, 0) is 13.0 Å². The smallest absolute Gasteiger partial charge is 0.113 e. The number of rotatable bonds is 7. The van der Waals surface area contributed by atoms with E-state index in [-0.39, 0.29) is 5.41 Å². The molecule has 3 aromatic rings. The van der Waals surface area contributed by atoms with Crippen molar-refractivity contribution in [3.63, 3.8) is 0 Å². The summed E-state index contributed by atoms with van der Waals surface area (Å²) >= 11 is 0. The predicted octanol–water partition coefficient (Wildman–Crippen LogP) is 6.09. The van der Waals surface area contributed by atoms with Crippen LogP contribution in [0.25, 0.3) is 22.2 Å². The van der Waals surface area contributed by atoms with Gasteiger partial charge in [-0.3, -0.25) is 4.98 Å². The molecule has 33 heavy (non-hydrogen) atoms. The van der Waals surface area contributed by atoms with Gasteiger partial charge in [-0.25, -0.2) is 0 Å².